The summed E-state index contributed by atoms with van der Waals surface area (Å²) in [6.45, 7) is 12.8. The van der Waals surface area contributed by atoms with Crippen molar-refractivity contribution in [2.75, 3.05) is 13.2 Å². The van der Waals surface area contributed by atoms with Crippen molar-refractivity contribution in [2.24, 2.45) is 0 Å². The number of ether oxygens (including phenoxy) is 3. The molecule has 0 unspecified atom stereocenters. The van der Waals surface area contributed by atoms with E-state index in [0.29, 0.717) is 24.7 Å². The molecule has 0 saturated heterocycles. The minimum Gasteiger partial charge on any atom is -0.489 e. The molecule has 0 fully saturated rings. The van der Waals surface area contributed by atoms with E-state index in [1.54, 1.807) is 0 Å². The van der Waals surface area contributed by atoms with Gasteiger partial charge >= 0.3 is 5.97 Å². The third-order valence-electron chi connectivity index (χ3n) is 3.31. The highest BCUT2D eigenvalue weighted by atomic mass is 16.5. The Morgan fingerprint density at radius 2 is 1.70 bits per heavy atom. The van der Waals surface area contributed by atoms with Crippen LogP contribution in [0.4, 0.5) is 0 Å². The van der Waals surface area contributed by atoms with Crippen LogP contribution in [0.5, 0.6) is 17.2 Å². The number of aryl methyl sites for hydroxylation is 1. The molecule has 1 aromatic rings. The summed E-state index contributed by atoms with van der Waals surface area (Å²) in [4.78, 5) is 11.6. The van der Waals surface area contributed by atoms with E-state index in [9.17, 15) is 4.79 Å². The SMILES string of the molecule is C=CC(=O)Oc1cc(CCC)c(OCCC)c(OCCC)c1C. The summed E-state index contributed by atoms with van der Waals surface area (Å²) < 4.78 is 17.2. The second kappa shape index (κ2) is 9.93. The Hall–Kier alpha value is -1.97. The Balaban J connectivity index is 3.35. The molecular weight excluding hydrogens is 292 g/mol. The summed E-state index contributed by atoms with van der Waals surface area (Å²) in [6.07, 6.45) is 4.78. The van der Waals surface area contributed by atoms with Crippen LogP contribution in [0.2, 0.25) is 0 Å². The molecule has 1 rings (SSSR count). The van der Waals surface area contributed by atoms with Gasteiger partial charge in [-0.3, -0.25) is 0 Å². The van der Waals surface area contributed by atoms with Crippen LogP contribution in [0.15, 0.2) is 18.7 Å². The van der Waals surface area contributed by atoms with Gasteiger partial charge in [0.25, 0.3) is 0 Å². The van der Waals surface area contributed by atoms with Gasteiger partial charge in [0, 0.05) is 17.2 Å². The van der Waals surface area contributed by atoms with Crippen LogP contribution < -0.4 is 14.2 Å². The fraction of sp³-hybridized carbons (Fsp3) is 0.526. The van der Waals surface area contributed by atoms with E-state index in [2.05, 4.69) is 27.4 Å². The molecule has 0 N–H and O–H groups in total. The highest BCUT2D eigenvalue weighted by Crippen LogP contribution is 2.41. The highest BCUT2D eigenvalue weighted by molar-refractivity contribution is 5.84. The molecule has 0 aliphatic rings. The van der Waals surface area contributed by atoms with E-state index in [-0.39, 0.29) is 0 Å². The van der Waals surface area contributed by atoms with Crippen molar-refractivity contribution in [3.05, 3.63) is 29.8 Å². The van der Waals surface area contributed by atoms with Gasteiger partial charge in [0.05, 0.1) is 13.2 Å². The summed E-state index contributed by atoms with van der Waals surface area (Å²) in [6, 6.07) is 1.88. The largest absolute Gasteiger partial charge is 0.489 e. The zero-order valence-corrected chi connectivity index (χ0v) is 14.7. The van der Waals surface area contributed by atoms with Crippen molar-refractivity contribution in [2.45, 2.75) is 53.4 Å². The van der Waals surface area contributed by atoms with Crippen molar-refractivity contribution in [1.82, 2.24) is 0 Å². The monoisotopic (exact) mass is 320 g/mol. The first-order valence-corrected chi connectivity index (χ1v) is 8.35. The Morgan fingerprint density at radius 3 is 2.22 bits per heavy atom. The lowest BCUT2D eigenvalue weighted by Gasteiger charge is -2.20. The number of hydrogen-bond acceptors (Lipinski definition) is 4. The summed E-state index contributed by atoms with van der Waals surface area (Å²) in [5.41, 5.74) is 1.78. The highest BCUT2D eigenvalue weighted by Gasteiger charge is 2.20. The number of carbonyl (C=O) groups is 1. The van der Waals surface area contributed by atoms with E-state index in [0.717, 1.165) is 48.6 Å². The summed E-state index contributed by atoms with van der Waals surface area (Å²) >= 11 is 0. The Labute approximate surface area is 139 Å². The van der Waals surface area contributed by atoms with Gasteiger partial charge in [-0.25, -0.2) is 4.79 Å². The molecule has 0 atom stereocenters. The smallest absolute Gasteiger partial charge is 0.335 e. The van der Waals surface area contributed by atoms with E-state index >= 15 is 0 Å². The lowest BCUT2D eigenvalue weighted by atomic mass is 10.0. The topological polar surface area (TPSA) is 44.8 Å². The molecule has 0 radical (unpaired) electrons. The molecule has 0 bridgehead atoms. The molecule has 4 heteroatoms. The first-order valence-electron chi connectivity index (χ1n) is 8.35. The minimum atomic E-state index is -0.473. The predicted octanol–water partition coefficient (Wildman–Crippen LogP) is 4.62. The third-order valence-corrected chi connectivity index (χ3v) is 3.31. The number of carbonyl (C=O) groups excluding carboxylic acids is 1. The zero-order valence-electron chi connectivity index (χ0n) is 14.7. The average Bonchev–Trinajstić information content (AvgIpc) is 2.55. The second-order valence-corrected chi connectivity index (χ2v) is 5.39. The van der Waals surface area contributed by atoms with Gasteiger partial charge in [-0.2, -0.15) is 0 Å². The van der Waals surface area contributed by atoms with Crippen LogP contribution in [0.3, 0.4) is 0 Å². The molecule has 4 nitrogen and oxygen atoms in total. The molecular formula is C19H28O4. The maximum Gasteiger partial charge on any atom is 0.335 e. The van der Waals surface area contributed by atoms with Crippen LogP contribution in [0, 0.1) is 6.92 Å². The molecule has 0 aromatic heterocycles. The molecule has 0 saturated carbocycles. The van der Waals surface area contributed by atoms with Gasteiger partial charge in [0.2, 0.25) is 0 Å². The maximum atomic E-state index is 11.6. The van der Waals surface area contributed by atoms with Gasteiger partial charge in [-0.15, -0.1) is 0 Å². The standard InChI is InChI=1S/C19H28O4/c1-6-10-15-13-16(23-17(20)9-4)14(5)18(21-11-7-2)19(15)22-12-8-3/h9,13H,4,6-8,10-12H2,1-3,5H3. The van der Waals surface area contributed by atoms with Gasteiger partial charge in [-0.1, -0.05) is 33.8 Å². The fourth-order valence-corrected chi connectivity index (χ4v) is 2.21. The van der Waals surface area contributed by atoms with E-state index < -0.39 is 5.97 Å². The number of hydrogen-bond donors (Lipinski definition) is 0. The summed E-state index contributed by atoms with van der Waals surface area (Å²) in [5, 5.41) is 0. The lowest BCUT2D eigenvalue weighted by Crippen LogP contribution is -2.09. The average molecular weight is 320 g/mol. The van der Waals surface area contributed by atoms with E-state index in [1.165, 1.54) is 0 Å². The van der Waals surface area contributed by atoms with Crippen LogP contribution in [0.1, 0.15) is 51.2 Å². The molecule has 128 valence electrons. The normalized spacial score (nSPS) is 10.3. The Kier molecular flexibility index (Phi) is 8.23. The summed E-state index contributed by atoms with van der Waals surface area (Å²) in [5.74, 6) is 1.49. The molecule has 0 amide bonds. The number of esters is 1. The fourth-order valence-electron chi connectivity index (χ4n) is 2.21. The minimum absolute atomic E-state index is 0.473. The molecule has 0 heterocycles. The molecule has 0 aliphatic carbocycles. The van der Waals surface area contributed by atoms with Crippen molar-refractivity contribution >= 4 is 5.97 Å². The number of rotatable bonds is 10. The lowest BCUT2D eigenvalue weighted by molar-refractivity contribution is -0.129. The maximum absolute atomic E-state index is 11.6. The quantitative estimate of drug-likeness (QED) is 0.358. The zero-order chi connectivity index (χ0) is 17.2. The van der Waals surface area contributed by atoms with Gasteiger partial charge < -0.3 is 14.2 Å². The third kappa shape index (κ3) is 5.31. The van der Waals surface area contributed by atoms with Crippen molar-refractivity contribution in [3.8, 4) is 17.2 Å². The summed E-state index contributed by atoms with van der Waals surface area (Å²) in [7, 11) is 0. The van der Waals surface area contributed by atoms with Crippen LogP contribution in [-0.4, -0.2) is 19.2 Å². The van der Waals surface area contributed by atoms with Crippen molar-refractivity contribution in [3.63, 3.8) is 0 Å². The molecule has 1 aromatic carbocycles. The number of benzene rings is 1. The van der Waals surface area contributed by atoms with Gasteiger partial charge in [-0.05, 0) is 32.3 Å². The first-order chi connectivity index (χ1) is 11.1. The predicted molar refractivity (Wildman–Crippen MR) is 92.6 cm³/mol. The second-order valence-electron chi connectivity index (χ2n) is 5.39. The van der Waals surface area contributed by atoms with Gasteiger partial charge in [0.15, 0.2) is 11.5 Å². The Morgan fingerprint density at radius 1 is 1.09 bits per heavy atom. The van der Waals surface area contributed by atoms with Crippen LogP contribution in [-0.2, 0) is 11.2 Å². The Bertz CT molecular complexity index is 535. The van der Waals surface area contributed by atoms with E-state index in [1.807, 2.05) is 13.0 Å². The first kappa shape index (κ1) is 19.1. The molecule has 23 heavy (non-hydrogen) atoms. The van der Waals surface area contributed by atoms with E-state index in [4.69, 9.17) is 14.2 Å². The molecule has 0 spiro atoms. The van der Waals surface area contributed by atoms with Crippen molar-refractivity contribution < 1.29 is 19.0 Å². The van der Waals surface area contributed by atoms with Crippen molar-refractivity contribution in [1.29, 1.82) is 0 Å². The van der Waals surface area contributed by atoms with Crippen LogP contribution >= 0.6 is 0 Å². The molecule has 0 aliphatic heterocycles. The van der Waals surface area contributed by atoms with Crippen LogP contribution in [0.25, 0.3) is 0 Å². The van der Waals surface area contributed by atoms with Gasteiger partial charge in [0.1, 0.15) is 5.75 Å².